The molecule has 0 saturated carbocycles. The fraction of sp³-hybridized carbons (Fsp3) is 0.375. The van der Waals surface area contributed by atoms with Crippen LogP contribution in [0.4, 0.5) is 0 Å². The van der Waals surface area contributed by atoms with Crippen LogP contribution >= 0.6 is 7.82 Å². The normalized spacial score (nSPS) is 12.6. The van der Waals surface area contributed by atoms with E-state index in [1.54, 1.807) is 0 Å². The maximum Gasteiger partial charge on any atom is 0.466 e. The summed E-state index contributed by atoms with van der Waals surface area (Å²) in [4.78, 5) is 61.2. The molecule has 0 aliphatic heterocycles. The molecule has 190 valence electrons. The van der Waals surface area contributed by atoms with E-state index < -0.39 is 62.9 Å². The average molecular weight is 501 g/mol. The van der Waals surface area contributed by atoms with Gasteiger partial charge in [-0.3, -0.25) is 19.2 Å². The Hall–Kier alpha value is -2.95. The van der Waals surface area contributed by atoms with Gasteiger partial charge in [-0.05, 0) is 12.0 Å². The molecule has 0 unspecified atom stereocenters. The number of nitrogens with two attached hydrogens (primary N) is 3. The van der Waals surface area contributed by atoms with Crippen LogP contribution in [0.5, 0.6) is 0 Å². The number of aliphatic carboxylic acids is 4. The van der Waals surface area contributed by atoms with Crippen LogP contribution < -0.4 is 17.2 Å². The van der Waals surface area contributed by atoms with E-state index in [1.165, 1.54) is 0 Å². The highest BCUT2D eigenvalue weighted by Gasteiger charge is 2.14. The number of carboxylic acids is 4. The van der Waals surface area contributed by atoms with Gasteiger partial charge < -0.3 is 57.4 Å². The number of phosphoric acid groups is 1. The van der Waals surface area contributed by atoms with Crippen LogP contribution in [0.15, 0.2) is 30.3 Å². The van der Waals surface area contributed by atoms with Gasteiger partial charge in [-0.1, -0.05) is 30.3 Å². The van der Waals surface area contributed by atoms with Crippen molar-refractivity contribution in [2.45, 2.75) is 31.0 Å². The summed E-state index contributed by atoms with van der Waals surface area (Å²) in [7, 11) is -4.64. The van der Waals surface area contributed by atoms with Crippen molar-refractivity contribution in [2.75, 3.05) is 6.61 Å². The molecular weight excluding hydrogens is 473 g/mol. The molecule has 0 amide bonds. The van der Waals surface area contributed by atoms with Crippen LogP contribution in [-0.4, -0.2) is 88.8 Å². The standard InChI is InChI=1S/C9H11NO2.C4H7NO4.C3H7NO3.H3O4P/c10-8(9(11)12)6-7-4-2-1-3-5-7;5-2(4(8)9)1-3(6)7;4-2(1-5)3(6)7;1-5(2,3)4/h1-5,8H,6,10H2,(H,11,12);2H,1,5H2,(H,6,7)(H,8,9);2,5H,1,4H2,(H,6,7);(H3,1,2,3,4)/t8-;2*2-;/m000./s1. The average Bonchev–Trinajstić information content (AvgIpc) is 2.67. The first-order valence-corrected chi connectivity index (χ1v) is 10.1. The molecule has 17 heteroatoms. The van der Waals surface area contributed by atoms with E-state index in [2.05, 4.69) is 0 Å². The number of hydrogen-bond acceptors (Lipinski definition) is 9. The van der Waals surface area contributed by atoms with Gasteiger partial charge in [0, 0.05) is 0 Å². The van der Waals surface area contributed by atoms with Crippen molar-refractivity contribution in [1.82, 2.24) is 0 Å². The topological polar surface area (TPSA) is 325 Å². The van der Waals surface area contributed by atoms with E-state index in [0.29, 0.717) is 6.42 Å². The smallest absolute Gasteiger partial charge is 0.466 e. The molecule has 0 aromatic heterocycles. The highest BCUT2D eigenvalue weighted by molar-refractivity contribution is 7.45. The summed E-state index contributed by atoms with van der Waals surface area (Å²) in [5.41, 5.74) is 15.9. The van der Waals surface area contributed by atoms with Crippen LogP contribution in [0.2, 0.25) is 0 Å². The third-order valence-electron chi connectivity index (χ3n) is 2.84. The Bertz CT molecular complexity index is 764. The first-order chi connectivity index (χ1) is 14.9. The van der Waals surface area contributed by atoms with Crippen molar-refractivity contribution >= 4 is 31.7 Å². The summed E-state index contributed by atoms with van der Waals surface area (Å²) >= 11 is 0. The number of aliphatic hydroxyl groups is 1. The zero-order valence-corrected chi connectivity index (χ0v) is 17.9. The fourth-order valence-corrected chi connectivity index (χ4v) is 1.31. The monoisotopic (exact) mass is 501 g/mol. The van der Waals surface area contributed by atoms with Crippen LogP contribution in [0.3, 0.4) is 0 Å². The zero-order chi connectivity index (χ0) is 26.8. The minimum Gasteiger partial charge on any atom is -0.481 e. The lowest BCUT2D eigenvalue weighted by Gasteiger charge is -2.04. The highest BCUT2D eigenvalue weighted by atomic mass is 31.2. The molecule has 0 fully saturated rings. The van der Waals surface area contributed by atoms with Gasteiger partial charge in [0.05, 0.1) is 13.0 Å². The van der Waals surface area contributed by atoms with Crippen molar-refractivity contribution in [3.8, 4) is 0 Å². The first kappa shape index (κ1) is 34.7. The van der Waals surface area contributed by atoms with E-state index in [0.717, 1.165) is 5.56 Å². The molecule has 0 saturated heterocycles. The molecule has 3 atom stereocenters. The Morgan fingerprint density at radius 3 is 1.33 bits per heavy atom. The molecule has 0 heterocycles. The molecule has 16 nitrogen and oxygen atoms in total. The minimum atomic E-state index is -4.64. The predicted octanol–water partition coefficient (Wildman–Crippen LogP) is -3.02. The Morgan fingerprint density at radius 2 is 1.12 bits per heavy atom. The number of carbonyl (C=O) groups is 4. The number of hydrogen-bond donors (Lipinski definition) is 11. The lowest BCUT2D eigenvalue weighted by Crippen LogP contribution is -2.33. The highest BCUT2D eigenvalue weighted by Crippen LogP contribution is 2.25. The Morgan fingerprint density at radius 1 is 0.758 bits per heavy atom. The van der Waals surface area contributed by atoms with Crippen LogP contribution in [0.1, 0.15) is 12.0 Å². The van der Waals surface area contributed by atoms with Gasteiger partial charge in [0.25, 0.3) is 0 Å². The van der Waals surface area contributed by atoms with Crippen molar-refractivity contribution in [3.63, 3.8) is 0 Å². The van der Waals surface area contributed by atoms with E-state index in [-0.39, 0.29) is 0 Å². The molecule has 1 rings (SSSR count). The van der Waals surface area contributed by atoms with Crippen molar-refractivity contribution in [1.29, 1.82) is 0 Å². The quantitative estimate of drug-likeness (QED) is 0.158. The minimum absolute atomic E-state index is 0.385. The second-order valence-electron chi connectivity index (χ2n) is 5.82. The van der Waals surface area contributed by atoms with Crippen molar-refractivity contribution in [2.24, 2.45) is 17.2 Å². The lowest BCUT2D eigenvalue weighted by molar-refractivity contribution is -0.144. The van der Waals surface area contributed by atoms with Gasteiger partial charge in [-0.25, -0.2) is 4.57 Å². The van der Waals surface area contributed by atoms with Gasteiger partial charge in [0.15, 0.2) is 0 Å². The molecule has 33 heavy (non-hydrogen) atoms. The van der Waals surface area contributed by atoms with Crippen LogP contribution in [-0.2, 0) is 30.2 Å². The maximum absolute atomic E-state index is 10.4. The second kappa shape index (κ2) is 18.6. The number of rotatable bonds is 8. The summed E-state index contributed by atoms with van der Waals surface area (Å²) in [6.45, 7) is -0.505. The molecule has 0 spiro atoms. The van der Waals surface area contributed by atoms with Gasteiger partial charge in [-0.2, -0.15) is 0 Å². The molecule has 0 radical (unpaired) electrons. The number of carboxylic acid groups (broad SMARTS) is 4. The van der Waals surface area contributed by atoms with Crippen molar-refractivity contribution in [3.05, 3.63) is 35.9 Å². The Kier molecular flexibility index (Phi) is 19.5. The van der Waals surface area contributed by atoms with Gasteiger partial charge in [-0.15, -0.1) is 0 Å². The largest absolute Gasteiger partial charge is 0.481 e. The zero-order valence-electron chi connectivity index (χ0n) is 17.0. The maximum atomic E-state index is 10.4. The molecular formula is C16H28N3O13P. The summed E-state index contributed by atoms with van der Waals surface area (Å²) in [5, 5.41) is 40.4. The molecule has 0 aliphatic rings. The van der Waals surface area contributed by atoms with E-state index in [1.807, 2.05) is 30.3 Å². The second-order valence-corrected chi connectivity index (χ2v) is 6.84. The van der Waals surface area contributed by atoms with Gasteiger partial charge in [0.2, 0.25) is 0 Å². The summed E-state index contributed by atoms with van der Waals surface area (Å²) < 4.78 is 8.88. The molecule has 0 bridgehead atoms. The molecule has 14 N–H and O–H groups in total. The lowest BCUT2D eigenvalue weighted by atomic mass is 10.1. The third-order valence-corrected chi connectivity index (χ3v) is 2.84. The summed E-state index contributed by atoms with van der Waals surface area (Å²) in [6, 6.07) is 6.13. The first-order valence-electron chi connectivity index (χ1n) is 8.52. The molecule has 1 aromatic carbocycles. The van der Waals surface area contributed by atoms with E-state index >= 15 is 0 Å². The SMILES string of the molecule is N[C@@H](CC(=O)O)C(=O)O.N[C@@H](CO)C(=O)O.N[C@@H](Cc1ccccc1)C(=O)O.O=P(O)(O)O. The number of benzene rings is 1. The molecule has 1 aromatic rings. The van der Waals surface area contributed by atoms with E-state index in [9.17, 15) is 19.2 Å². The summed E-state index contributed by atoms with van der Waals surface area (Å²) in [6.07, 6.45) is -0.147. The summed E-state index contributed by atoms with van der Waals surface area (Å²) in [5.74, 6) is -4.64. The number of aliphatic hydroxyl groups excluding tert-OH is 1. The predicted molar refractivity (Wildman–Crippen MR) is 111 cm³/mol. The van der Waals surface area contributed by atoms with Gasteiger partial charge in [0.1, 0.15) is 18.1 Å². The van der Waals surface area contributed by atoms with Gasteiger partial charge >= 0.3 is 31.7 Å². The fourth-order valence-electron chi connectivity index (χ4n) is 1.31. The van der Waals surface area contributed by atoms with Crippen LogP contribution in [0, 0.1) is 0 Å². The Balaban J connectivity index is -0.000000384. The van der Waals surface area contributed by atoms with Crippen molar-refractivity contribution < 1.29 is 64.0 Å². The van der Waals surface area contributed by atoms with E-state index in [4.69, 9.17) is 62.0 Å². The third kappa shape index (κ3) is 29.1. The van der Waals surface area contributed by atoms with Crippen LogP contribution in [0.25, 0.3) is 0 Å². The Labute approximate surface area is 187 Å². The molecule has 0 aliphatic carbocycles.